The van der Waals surface area contributed by atoms with Crippen molar-refractivity contribution < 1.29 is 18.3 Å². The Morgan fingerprint density at radius 3 is 2.73 bits per heavy atom. The van der Waals surface area contributed by atoms with Crippen molar-refractivity contribution in [2.24, 2.45) is 0 Å². The van der Waals surface area contributed by atoms with Gasteiger partial charge in [-0.1, -0.05) is 42.5 Å². The van der Waals surface area contributed by atoms with E-state index in [0.717, 1.165) is 37.4 Å². The van der Waals surface area contributed by atoms with Crippen LogP contribution in [0.25, 0.3) is 0 Å². The molecule has 2 aromatic carbocycles. The van der Waals surface area contributed by atoms with Crippen molar-refractivity contribution >= 4 is 5.91 Å². The van der Waals surface area contributed by atoms with Crippen molar-refractivity contribution in [3.05, 3.63) is 71.3 Å². The van der Waals surface area contributed by atoms with Crippen LogP contribution in [0.3, 0.4) is 0 Å². The lowest BCUT2D eigenvalue weighted by atomic mass is 10.1. The summed E-state index contributed by atoms with van der Waals surface area (Å²) in [5.74, 6) is -1.62. The topological polar surface area (TPSA) is 29.5 Å². The van der Waals surface area contributed by atoms with E-state index in [0.29, 0.717) is 13.0 Å². The molecule has 1 fully saturated rings. The summed E-state index contributed by atoms with van der Waals surface area (Å²) in [7, 11) is 0. The number of hydrogen-bond acceptors (Lipinski definition) is 2. The highest BCUT2D eigenvalue weighted by Crippen LogP contribution is 2.18. The SMILES string of the molecule is O=C(CCc1ccccc1)N1CCCC(OCc2cccc(F)c2F)C1. The minimum Gasteiger partial charge on any atom is -0.372 e. The van der Waals surface area contributed by atoms with Gasteiger partial charge in [0.25, 0.3) is 0 Å². The summed E-state index contributed by atoms with van der Waals surface area (Å²) in [6.45, 7) is 1.24. The highest BCUT2D eigenvalue weighted by molar-refractivity contribution is 5.76. The molecule has 0 spiro atoms. The molecule has 0 bridgehead atoms. The molecule has 1 heterocycles. The summed E-state index contributed by atoms with van der Waals surface area (Å²) < 4.78 is 32.7. The fourth-order valence-electron chi connectivity index (χ4n) is 3.22. The number of ether oxygens (including phenoxy) is 1. The molecule has 1 unspecified atom stereocenters. The number of rotatable bonds is 6. The number of likely N-dealkylation sites (tertiary alicyclic amines) is 1. The third-order valence-corrected chi connectivity index (χ3v) is 4.71. The predicted molar refractivity (Wildman–Crippen MR) is 95.5 cm³/mol. The van der Waals surface area contributed by atoms with Gasteiger partial charge in [-0.05, 0) is 30.9 Å². The van der Waals surface area contributed by atoms with Gasteiger partial charge in [0.15, 0.2) is 11.6 Å². The standard InChI is InChI=1S/C21H23F2NO2/c22-19-10-4-8-17(21(19)23)15-26-18-9-5-13-24(14-18)20(25)12-11-16-6-2-1-3-7-16/h1-4,6-8,10,18H,5,9,11-15H2. The van der Waals surface area contributed by atoms with E-state index in [1.54, 1.807) is 0 Å². The number of aryl methyl sites for hydroxylation is 1. The number of piperidine rings is 1. The molecule has 3 rings (SSSR count). The van der Waals surface area contributed by atoms with Crippen LogP contribution in [0.15, 0.2) is 48.5 Å². The highest BCUT2D eigenvalue weighted by Gasteiger charge is 2.24. The molecule has 138 valence electrons. The number of carbonyl (C=O) groups is 1. The zero-order valence-electron chi connectivity index (χ0n) is 14.7. The number of benzene rings is 2. The van der Waals surface area contributed by atoms with Crippen LogP contribution in [0, 0.1) is 11.6 Å². The second-order valence-corrected chi connectivity index (χ2v) is 6.61. The maximum absolute atomic E-state index is 13.7. The summed E-state index contributed by atoms with van der Waals surface area (Å²) in [4.78, 5) is 14.3. The Morgan fingerprint density at radius 2 is 1.92 bits per heavy atom. The molecule has 1 aliphatic rings. The van der Waals surface area contributed by atoms with Gasteiger partial charge in [0.2, 0.25) is 5.91 Å². The summed E-state index contributed by atoms with van der Waals surface area (Å²) in [5.41, 5.74) is 1.35. The van der Waals surface area contributed by atoms with Gasteiger partial charge < -0.3 is 9.64 Å². The summed E-state index contributed by atoms with van der Waals surface area (Å²) in [6, 6.07) is 14.0. The van der Waals surface area contributed by atoms with Crippen molar-refractivity contribution in [1.29, 1.82) is 0 Å². The zero-order valence-corrected chi connectivity index (χ0v) is 14.7. The Kier molecular flexibility index (Phi) is 6.34. The van der Waals surface area contributed by atoms with Crippen molar-refractivity contribution in [3.8, 4) is 0 Å². The fourth-order valence-corrected chi connectivity index (χ4v) is 3.22. The Bertz CT molecular complexity index is 736. The van der Waals surface area contributed by atoms with Crippen molar-refractivity contribution in [3.63, 3.8) is 0 Å². The maximum atomic E-state index is 13.7. The Hall–Kier alpha value is -2.27. The lowest BCUT2D eigenvalue weighted by molar-refractivity contribution is -0.135. The van der Waals surface area contributed by atoms with E-state index in [1.165, 1.54) is 12.1 Å². The monoisotopic (exact) mass is 359 g/mol. The van der Waals surface area contributed by atoms with Crippen LogP contribution >= 0.6 is 0 Å². The van der Waals surface area contributed by atoms with Gasteiger partial charge in [-0.25, -0.2) is 8.78 Å². The molecule has 0 aliphatic carbocycles. The minimum absolute atomic E-state index is 0.0142. The molecule has 0 saturated carbocycles. The Balaban J connectivity index is 1.49. The summed E-state index contributed by atoms with van der Waals surface area (Å²) in [5, 5.41) is 0. The first-order valence-corrected chi connectivity index (χ1v) is 8.99. The molecule has 5 heteroatoms. The molecule has 26 heavy (non-hydrogen) atoms. The minimum atomic E-state index is -0.868. The second kappa shape index (κ2) is 8.90. The van der Waals surface area contributed by atoms with Crippen molar-refractivity contribution in [2.75, 3.05) is 13.1 Å². The van der Waals surface area contributed by atoms with E-state index in [1.807, 2.05) is 35.2 Å². The van der Waals surface area contributed by atoms with E-state index in [-0.39, 0.29) is 24.2 Å². The quantitative estimate of drug-likeness (QED) is 0.777. The van der Waals surface area contributed by atoms with Crippen LogP contribution in [-0.2, 0) is 22.6 Å². The molecule has 0 aromatic heterocycles. The van der Waals surface area contributed by atoms with E-state index >= 15 is 0 Å². The van der Waals surface area contributed by atoms with E-state index in [9.17, 15) is 13.6 Å². The first-order valence-electron chi connectivity index (χ1n) is 8.99. The molecule has 1 saturated heterocycles. The smallest absolute Gasteiger partial charge is 0.222 e. The average molecular weight is 359 g/mol. The van der Waals surface area contributed by atoms with Gasteiger partial charge in [-0.3, -0.25) is 4.79 Å². The molecule has 1 amide bonds. The first-order chi connectivity index (χ1) is 12.6. The van der Waals surface area contributed by atoms with Crippen LogP contribution in [0.5, 0.6) is 0 Å². The van der Waals surface area contributed by atoms with Gasteiger partial charge in [-0.2, -0.15) is 0 Å². The van der Waals surface area contributed by atoms with Gasteiger partial charge in [-0.15, -0.1) is 0 Å². The summed E-state index contributed by atoms with van der Waals surface area (Å²) >= 11 is 0. The number of hydrogen-bond donors (Lipinski definition) is 0. The van der Waals surface area contributed by atoms with Gasteiger partial charge in [0.1, 0.15) is 0 Å². The molecular formula is C21H23F2NO2. The van der Waals surface area contributed by atoms with Crippen LogP contribution in [-0.4, -0.2) is 30.0 Å². The first kappa shape index (κ1) is 18.5. The third-order valence-electron chi connectivity index (χ3n) is 4.71. The van der Waals surface area contributed by atoms with Crippen molar-refractivity contribution in [1.82, 2.24) is 4.90 Å². The van der Waals surface area contributed by atoms with E-state index < -0.39 is 11.6 Å². The zero-order chi connectivity index (χ0) is 18.4. The third kappa shape index (κ3) is 4.88. The van der Waals surface area contributed by atoms with E-state index in [2.05, 4.69) is 0 Å². The second-order valence-electron chi connectivity index (χ2n) is 6.61. The average Bonchev–Trinajstić information content (AvgIpc) is 2.68. The normalized spacial score (nSPS) is 17.3. The van der Waals surface area contributed by atoms with Crippen LogP contribution < -0.4 is 0 Å². The summed E-state index contributed by atoms with van der Waals surface area (Å²) in [6.07, 6.45) is 2.71. The predicted octanol–water partition coefficient (Wildman–Crippen LogP) is 4.11. The molecule has 2 aromatic rings. The number of halogens is 2. The van der Waals surface area contributed by atoms with E-state index in [4.69, 9.17) is 4.74 Å². The van der Waals surface area contributed by atoms with Crippen LogP contribution in [0.4, 0.5) is 8.78 Å². The Labute approximate surface area is 152 Å². The maximum Gasteiger partial charge on any atom is 0.222 e. The number of carbonyl (C=O) groups excluding carboxylic acids is 1. The van der Waals surface area contributed by atoms with Gasteiger partial charge >= 0.3 is 0 Å². The molecule has 0 radical (unpaired) electrons. The largest absolute Gasteiger partial charge is 0.372 e. The fraction of sp³-hybridized carbons (Fsp3) is 0.381. The van der Waals surface area contributed by atoms with Gasteiger partial charge in [0, 0.05) is 25.1 Å². The highest BCUT2D eigenvalue weighted by atomic mass is 19.2. The Morgan fingerprint density at radius 1 is 1.12 bits per heavy atom. The molecule has 0 N–H and O–H groups in total. The van der Waals surface area contributed by atoms with Crippen molar-refractivity contribution in [2.45, 2.75) is 38.4 Å². The van der Waals surface area contributed by atoms with Crippen LogP contribution in [0.1, 0.15) is 30.4 Å². The lowest BCUT2D eigenvalue weighted by Gasteiger charge is -2.33. The molecular weight excluding hydrogens is 336 g/mol. The molecule has 1 aliphatic heterocycles. The molecule has 3 nitrogen and oxygen atoms in total. The lowest BCUT2D eigenvalue weighted by Crippen LogP contribution is -2.43. The van der Waals surface area contributed by atoms with Gasteiger partial charge in [0.05, 0.1) is 12.7 Å². The molecule has 1 atom stereocenters. The number of amides is 1. The van der Waals surface area contributed by atoms with Crippen LogP contribution in [0.2, 0.25) is 0 Å². The number of nitrogens with zero attached hydrogens (tertiary/aromatic N) is 1.